The van der Waals surface area contributed by atoms with Crippen LogP contribution in [-0.2, 0) is 0 Å². The fourth-order valence-electron chi connectivity index (χ4n) is 3.40. The van der Waals surface area contributed by atoms with Gasteiger partial charge in [0, 0.05) is 34.2 Å². The molecular formula is C22H15N3. The lowest BCUT2D eigenvalue weighted by Gasteiger charge is -2.09. The zero-order valence-corrected chi connectivity index (χ0v) is 13.8. The van der Waals surface area contributed by atoms with Crippen molar-refractivity contribution in [1.29, 1.82) is 0 Å². The number of hydrogen-bond donors (Lipinski definition) is 0. The monoisotopic (exact) mass is 321 g/mol. The molecule has 0 aliphatic rings. The molecule has 0 aliphatic carbocycles. The van der Waals surface area contributed by atoms with Crippen molar-refractivity contribution in [3.05, 3.63) is 78.8 Å². The molecule has 25 heavy (non-hydrogen) atoms. The third kappa shape index (κ3) is 2.24. The molecule has 5 aromatic rings. The zero-order chi connectivity index (χ0) is 16.8. The van der Waals surface area contributed by atoms with Crippen LogP contribution < -0.4 is 0 Å². The lowest BCUT2D eigenvalue weighted by Crippen LogP contribution is -1.89. The second-order valence-corrected chi connectivity index (χ2v) is 6.26. The van der Waals surface area contributed by atoms with Crippen LogP contribution in [0.1, 0.15) is 5.69 Å². The standard InChI is InChI=1S/C22H15N3/c1-14-4-5-17-13-16(7-9-20(17)25-14)18-10-12-24-22-19(18)8-6-15-3-2-11-23-21(15)22/h2-13H,1H3. The van der Waals surface area contributed by atoms with Gasteiger partial charge in [-0.1, -0.05) is 30.3 Å². The Morgan fingerprint density at radius 3 is 2.56 bits per heavy atom. The van der Waals surface area contributed by atoms with Crippen molar-refractivity contribution in [3.8, 4) is 11.1 Å². The van der Waals surface area contributed by atoms with E-state index < -0.39 is 0 Å². The maximum Gasteiger partial charge on any atom is 0.0970 e. The van der Waals surface area contributed by atoms with Gasteiger partial charge in [0.2, 0.25) is 0 Å². The first-order chi connectivity index (χ1) is 12.3. The average molecular weight is 321 g/mol. The van der Waals surface area contributed by atoms with E-state index in [2.05, 4.69) is 63.5 Å². The minimum atomic E-state index is 0.942. The normalized spacial score (nSPS) is 11.4. The molecule has 0 aliphatic heterocycles. The molecule has 118 valence electrons. The third-order valence-corrected chi connectivity index (χ3v) is 4.62. The van der Waals surface area contributed by atoms with Gasteiger partial charge in [-0.15, -0.1) is 0 Å². The van der Waals surface area contributed by atoms with Crippen LogP contribution in [0.4, 0.5) is 0 Å². The molecule has 3 aromatic heterocycles. The summed E-state index contributed by atoms with van der Waals surface area (Å²) in [5.74, 6) is 0. The van der Waals surface area contributed by atoms with Gasteiger partial charge in [-0.3, -0.25) is 15.0 Å². The molecule has 3 heteroatoms. The number of aryl methyl sites for hydroxylation is 1. The van der Waals surface area contributed by atoms with Gasteiger partial charge in [-0.25, -0.2) is 0 Å². The summed E-state index contributed by atoms with van der Waals surface area (Å²) in [5, 5.41) is 3.37. The molecule has 0 unspecified atom stereocenters. The summed E-state index contributed by atoms with van der Waals surface area (Å²) in [7, 11) is 0. The first-order valence-electron chi connectivity index (χ1n) is 8.30. The number of benzene rings is 2. The highest BCUT2D eigenvalue weighted by atomic mass is 14.7. The second-order valence-electron chi connectivity index (χ2n) is 6.26. The molecule has 0 saturated heterocycles. The first-order valence-corrected chi connectivity index (χ1v) is 8.30. The Labute approximate surface area is 145 Å². The van der Waals surface area contributed by atoms with Crippen LogP contribution in [0.2, 0.25) is 0 Å². The minimum absolute atomic E-state index is 0.942. The van der Waals surface area contributed by atoms with Crippen molar-refractivity contribution in [2.45, 2.75) is 6.92 Å². The predicted molar refractivity (Wildman–Crippen MR) is 103 cm³/mol. The molecule has 3 heterocycles. The molecular weight excluding hydrogens is 306 g/mol. The maximum absolute atomic E-state index is 4.59. The van der Waals surface area contributed by atoms with Gasteiger partial charge >= 0.3 is 0 Å². The van der Waals surface area contributed by atoms with Gasteiger partial charge in [0.15, 0.2) is 0 Å². The number of aromatic nitrogens is 3. The molecule has 0 spiro atoms. The summed E-state index contributed by atoms with van der Waals surface area (Å²) >= 11 is 0. The van der Waals surface area contributed by atoms with E-state index in [0.29, 0.717) is 0 Å². The number of fused-ring (bicyclic) bond motifs is 4. The Balaban J connectivity index is 1.80. The molecule has 0 atom stereocenters. The molecule has 2 aromatic carbocycles. The van der Waals surface area contributed by atoms with E-state index in [-0.39, 0.29) is 0 Å². The Bertz CT molecular complexity index is 1260. The smallest absolute Gasteiger partial charge is 0.0970 e. The van der Waals surface area contributed by atoms with Gasteiger partial charge < -0.3 is 0 Å². The van der Waals surface area contributed by atoms with E-state index in [4.69, 9.17) is 0 Å². The van der Waals surface area contributed by atoms with Crippen molar-refractivity contribution in [2.75, 3.05) is 0 Å². The summed E-state index contributed by atoms with van der Waals surface area (Å²) in [6.45, 7) is 2.02. The summed E-state index contributed by atoms with van der Waals surface area (Å²) in [6, 6.07) is 20.9. The Morgan fingerprint density at radius 1 is 0.720 bits per heavy atom. The van der Waals surface area contributed by atoms with Gasteiger partial charge in [-0.05, 0) is 48.4 Å². The van der Waals surface area contributed by atoms with Crippen molar-refractivity contribution in [1.82, 2.24) is 15.0 Å². The fraction of sp³-hybridized carbons (Fsp3) is 0.0455. The lowest BCUT2D eigenvalue weighted by molar-refractivity contribution is 1.26. The van der Waals surface area contributed by atoms with Crippen LogP contribution in [0, 0.1) is 6.92 Å². The summed E-state index contributed by atoms with van der Waals surface area (Å²) in [5.41, 5.74) is 6.28. The maximum atomic E-state index is 4.59. The Morgan fingerprint density at radius 2 is 1.60 bits per heavy atom. The highest BCUT2D eigenvalue weighted by Crippen LogP contribution is 2.32. The summed E-state index contributed by atoms with van der Waals surface area (Å²) < 4.78 is 0. The fourth-order valence-corrected chi connectivity index (χ4v) is 3.40. The topological polar surface area (TPSA) is 38.7 Å². The van der Waals surface area contributed by atoms with E-state index in [9.17, 15) is 0 Å². The quantitative estimate of drug-likeness (QED) is 0.393. The molecule has 0 radical (unpaired) electrons. The predicted octanol–water partition coefficient (Wildman–Crippen LogP) is 5.31. The zero-order valence-electron chi connectivity index (χ0n) is 13.8. The average Bonchev–Trinajstić information content (AvgIpc) is 2.67. The van der Waals surface area contributed by atoms with E-state index in [1.807, 2.05) is 31.5 Å². The highest BCUT2D eigenvalue weighted by molar-refractivity contribution is 6.08. The largest absolute Gasteiger partial charge is 0.254 e. The van der Waals surface area contributed by atoms with Crippen LogP contribution >= 0.6 is 0 Å². The SMILES string of the molecule is Cc1ccc2cc(-c3ccnc4c3ccc3cccnc34)ccc2n1. The summed E-state index contributed by atoms with van der Waals surface area (Å²) in [6.07, 6.45) is 3.68. The van der Waals surface area contributed by atoms with Crippen molar-refractivity contribution < 1.29 is 0 Å². The molecule has 3 nitrogen and oxygen atoms in total. The first kappa shape index (κ1) is 14.1. The number of rotatable bonds is 1. The van der Waals surface area contributed by atoms with Crippen LogP contribution in [-0.4, -0.2) is 15.0 Å². The molecule has 0 saturated carbocycles. The number of pyridine rings is 3. The Hall–Kier alpha value is -3.33. The van der Waals surface area contributed by atoms with E-state index in [1.54, 1.807) is 0 Å². The van der Waals surface area contributed by atoms with Gasteiger partial charge in [-0.2, -0.15) is 0 Å². The summed E-state index contributed by atoms with van der Waals surface area (Å²) in [4.78, 5) is 13.7. The molecule has 0 amide bonds. The van der Waals surface area contributed by atoms with Crippen LogP contribution in [0.25, 0.3) is 43.8 Å². The van der Waals surface area contributed by atoms with Gasteiger partial charge in [0.1, 0.15) is 0 Å². The van der Waals surface area contributed by atoms with Crippen LogP contribution in [0.3, 0.4) is 0 Å². The van der Waals surface area contributed by atoms with Crippen molar-refractivity contribution in [2.24, 2.45) is 0 Å². The van der Waals surface area contributed by atoms with Crippen molar-refractivity contribution >= 4 is 32.7 Å². The third-order valence-electron chi connectivity index (χ3n) is 4.62. The molecule has 0 fully saturated rings. The number of hydrogen-bond acceptors (Lipinski definition) is 3. The minimum Gasteiger partial charge on any atom is -0.254 e. The van der Waals surface area contributed by atoms with Crippen LogP contribution in [0.15, 0.2) is 73.1 Å². The van der Waals surface area contributed by atoms with Gasteiger partial charge in [0.25, 0.3) is 0 Å². The molecule has 0 bridgehead atoms. The lowest BCUT2D eigenvalue weighted by atomic mass is 9.98. The van der Waals surface area contributed by atoms with E-state index >= 15 is 0 Å². The highest BCUT2D eigenvalue weighted by Gasteiger charge is 2.09. The molecule has 5 rings (SSSR count). The van der Waals surface area contributed by atoms with Crippen LogP contribution in [0.5, 0.6) is 0 Å². The Kier molecular flexibility index (Phi) is 3.01. The van der Waals surface area contributed by atoms with Gasteiger partial charge in [0.05, 0.1) is 16.6 Å². The molecule has 0 N–H and O–H groups in total. The van der Waals surface area contributed by atoms with E-state index in [0.717, 1.165) is 38.4 Å². The van der Waals surface area contributed by atoms with E-state index in [1.165, 1.54) is 11.1 Å². The number of nitrogens with zero attached hydrogens (tertiary/aromatic N) is 3. The second kappa shape index (κ2) is 5.35. The van der Waals surface area contributed by atoms with Crippen molar-refractivity contribution in [3.63, 3.8) is 0 Å².